The van der Waals surface area contributed by atoms with Gasteiger partial charge in [-0.25, -0.2) is 4.68 Å². The van der Waals surface area contributed by atoms with E-state index in [0.29, 0.717) is 17.3 Å². The van der Waals surface area contributed by atoms with Crippen molar-refractivity contribution in [1.82, 2.24) is 20.0 Å². The van der Waals surface area contributed by atoms with Crippen molar-refractivity contribution in [2.45, 2.75) is 0 Å². The number of morpholine rings is 1. The Kier molecular flexibility index (Phi) is 6.07. The molecule has 1 N–H and O–H groups in total. The van der Waals surface area contributed by atoms with Gasteiger partial charge in [0.05, 0.1) is 23.8 Å². The van der Waals surface area contributed by atoms with Gasteiger partial charge in [0.1, 0.15) is 11.4 Å². The summed E-state index contributed by atoms with van der Waals surface area (Å²) in [6.45, 7) is 4.70. The zero-order chi connectivity index (χ0) is 19.3. The van der Waals surface area contributed by atoms with Gasteiger partial charge in [0.25, 0.3) is 5.91 Å². The van der Waals surface area contributed by atoms with Gasteiger partial charge >= 0.3 is 0 Å². The van der Waals surface area contributed by atoms with Crippen molar-refractivity contribution in [2.24, 2.45) is 0 Å². The fourth-order valence-electron chi connectivity index (χ4n) is 3.11. The summed E-state index contributed by atoms with van der Waals surface area (Å²) in [5, 5.41) is 10.3. The molecule has 0 radical (unpaired) electrons. The van der Waals surface area contributed by atoms with Crippen molar-refractivity contribution in [1.29, 1.82) is 0 Å². The van der Waals surface area contributed by atoms with E-state index in [-0.39, 0.29) is 5.91 Å². The molecule has 28 heavy (non-hydrogen) atoms. The van der Waals surface area contributed by atoms with Gasteiger partial charge < -0.3 is 10.1 Å². The standard InChI is InChI=1S/C20H21ClN4O2S/c21-15-3-5-16(6-4-15)25-18(14-17(23-25)19-2-1-13-28-19)20(26)22-7-8-24-9-11-27-12-10-24/h1-6,13-14H,7-12H2,(H,22,26). The molecule has 0 bridgehead atoms. The predicted octanol–water partition coefficient (Wildman–Crippen LogP) is 3.32. The average Bonchev–Trinajstić information content (AvgIpc) is 3.39. The number of carbonyl (C=O) groups is 1. The van der Waals surface area contributed by atoms with E-state index in [1.165, 1.54) is 0 Å². The molecule has 1 aliphatic rings. The number of aromatic nitrogens is 2. The molecule has 6 nitrogen and oxygen atoms in total. The quantitative estimate of drug-likeness (QED) is 0.669. The van der Waals surface area contributed by atoms with Gasteiger partial charge in [0, 0.05) is 31.2 Å². The molecule has 0 aliphatic carbocycles. The number of hydrogen-bond donors (Lipinski definition) is 1. The molecule has 0 unspecified atom stereocenters. The number of halogens is 1. The Labute approximate surface area is 172 Å². The number of carbonyl (C=O) groups excluding carboxylic acids is 1. The third-order valence-electron chi connectivity index (χ3n) is 4.60. The Bertz CT molecular complexity index is 918. The Morgan fingerprint density at radius 3 is 2.71 bits per heavy atom. The third-order valence-corrected chi connectivity index (χ3v) is 5.75. The highest BCUT2D eigenvalue weighted by atomic mass is 35.5. The summed E-state index contributed by atoms with van der Waals surface area (Å²) < 4.78 is 7.03. The van der Waals surface area contributed by atoms with Crippen LogP contribution in [0.2, 0.25) is 5.02 Å². The van der Waals surface area contributed by atoms with Gasteiger partial charge in [-0.05, 0) is 41.8 Å². The minimum absolute atomic E-state index is 0.140. The Hall–Kier alpha value is -2.19. The highest BCUT2D eigenvalue weighted by molar-refractivity contribution is 7.13. The summed E-state index contributed by atoms with van der Waals surface area (Å²) >= 11 is 7.61. The predicted molar refractivity (Wildman–Crippen MR) is 111 cm³/mol. The van der Waals surface area contributed by atoms with Crippen LogP contribution in [0.4, 0.5) is 0 Å². The van der Waals surface area contributed by atoms with Crippen molar-refractivity contribution in [3.05, 3.63) is 58.6 Å². The molecule has 1 saturated heterocycles. The monoisotopic (exact) mass is 416 g/mol. The minimum atomic E-state index is -0.140. The van der Waals surface area contributed by atoms with Crippen molar-refractivity contribution < 1.29 is 9.53 Å². The summed E-state index contributed by atoms with van der Waals surface area (Å²) in [7, 11) is 0. The number of ether oxygens (including phenoxy) is 1. The van der Waals surface area contributed by atoms with Crippen molar-refractivity contribution in [3.63, 3.8) is 0 Å². The number of nitrogens with one attached hydrogen (secondary N) is 1. The maximum Gasteiger partial charge on any atom is 0.270 e. The van der Waals surface area contributed by atoms with Crippen LogP contribution in [0.5, 0.6) is 0 Å². The van der Waals surface area contributed by atoms with Crippen LogP contribution in [-0.4, -0.2) is 60.0 Å². The van der Waals surface area contributed by atoms with E-state index in [2.05, 4.69) is 15.3 Å². The van der Waals surface area contributed by atoms with Crippen LogP contribution < -0.4 is 5.32 Å². The lowest BCUT2D eigenvalue weighted by molar-refractivity contribution is 0.0383. The second kappa shape index (κ2) is 8.87. The van der Waals surface area contributed by atoms with Gasteiger partial charge in [0.15, 0.2) is 0 Å². The number of rotatable bonds is 6. The van der Waals surface area contributed by atoms with Crippen LogP contribution in [0.25, 0.3) is 16.3 Å². The molecule has 146 valence electrons. The molecule has 0 atom stereocenters. The molecule has 1 amide bonds. The number of hydrogen-bond acceptors (Lipinski definition) is 5. The van der Waals surface area contributed by atoms with Crippen molar-refractivity contribution in [2.75, 3.05) is 39.4 Å². The van der Waals surface area contributed by atoms with E-state index in [4.69, 9.17) is 16.3 Å². The first-order valence-corrected chi connectivity index (χ1v) is 10.4. The van der Waals surface area contributed by atoms with Gasteiger partial charge in [-0.1, -0.05) is 17.7 Å². The number of nitrogens with zero attached hydrogens (tertiary/aromatic N) is 3. The minimum Gasteiger partial charge on any atom is -0.379 e. The molecule has 3 heterocycles. The Morgan fingerprint density at radius 2 is 2.00 bits per heavy atom. The molecule has 0 saturated carbocycles. The van der Waals surface area contributed by atoms with E-state index in [0.717, 1.165) is 49.1 Å². The number of thiophene rings is 1. The fraction of sp³-hybridized carbons (Fsp3) is 0.300. The van der Waals surface area contributed by atoms with Crippen LogP contribution >= 0.6 is 22.9 Å². The highest BCUT2D eigenvalue weighted by Crippen LogP contribution is 2.26. The number of benzene rings is 1. The topological polar surface area (TPSA) is 59.4 Å². The summed E-state index contributed by atoms with van der Waals surface area (Å²) in [6.07, 6.45) is 0. The van der Waals surface area contributed by atoms with E-state index in [9.17, 15) is 4.79 Å². The summed E-state index contributed by atoms with van der Waals surface area (Å²) in [6, 6.07) is 13.1. The van der Waals surface area contributed by atoms with Gasteiger partial charge in [-0.2, -0.15) is 5.10 Å². The third kappa shape index (κ3) is 4.44. The lowest BCUT2D eigenvalue weighted by atomic mass is 10.2. The lowest BCUT2D eigenvalue weighted by Crippen LogP contribution is -2.41. The molecule has 1 aliphatic heterocycles. The molecular weight excluding hydrogens is 396 g/mol. The van der Waals surface area contributed by atoms with Gasteiger partial charge in [-0.3, -0.25) is 9.69 Å². The first-order valence-electron chi connectivity index (χ1n) is 9.19. The van der Waals surface area contributed by atoms with Gasteiger partial charge in [0.2, 0.25) is 0 Å². The molecule has 1 fully saturated rings. The second-order valence-corrected chi connectivity index (χ2v) is 7.87. The maximum atomic E-state index is 12.9. The van der Waals surface area contributed by atoms with Crippen LogP contribution in [0.15, 0.2) is 47.8 Å². The normalized spacial score (nSPS) is 14.9. The van der Waals surface area contributed by atoms with E-state index >= 15 is 0 Å². The Morgan fingerprint density at radius 1 is 1.21 bits per heavy atom. The highest BCUT2D eigenvalue weighted by Gasteiger charge is 2.18. The first-order chi connectivity index (χ1) is 13.7. The maximum absolute atomic E-state index is 12.9. The van der Waals surface area contributed by atoms with Crippen molar-refractivity contribution >= 4 is 28.8 Å². The van der Waals surface area contributed by atoms with E-state index in [1.807, 2.05) is 35.7 Å². The largest absolute Gasteiger partial charge is 0.379 e. The summed E-state index contributed by atoms with van der Waals surface area (Å²) in [5.41, 5.74) is 2.08. The SMILES string of the molecule is O=C(NCCN1CCOCC1)c1cc(-c2cccs2)nn1-c1ccc(Cl)cc1. The van der Waals surface area contributed by atoms with E-state index in [1.54, 1.807) is 28.2 Å². The molecular formula is C20H21ClN4O2S. The molecule has 1 aromatic carbocycles. The average molecular weight is 417 g/mol. The molecule has 8 heteroatoms. The van der Waals surface area contributed by atoms with Crippen LogP contribution in [0, 0.1) is 0 Å². The molecule has 0 spiro atoms. The van der Waals surface area contributed by atoms with Gasteiger partial charge in [-0.15, -0.1) is 11.3 Å². The van der Waals surface area contributed by atoms with Crippen molar-refractivity contribution in [3.8, 4) is 16.3 Å². The van der Waals surface area contributed by atoms with E-state index < -0.39 is 0 Å². The number of amides is 1. The Balaban J connectivity index is 1.53. The first kappa shape index (κ1) is 19.1. The fourth-order valence-corrected chi connectivity index (χ4v) is 3.92. The van der Waals surface area contributed by atoms with Crippen LogP contribution in [0.3, 0.4) is 0 Å². The zero-order valence-electron chi connectivity index (χ0n) is 15.3. The smallest absolute Gasteiger partial charge is 0.270 e. The molecule has 2 aromatic heterocycles. The summed E-state index contributed by atoms with van der Waals surface area (Å²) in [4.78, 5) is 16.2. The molecule has 4 rings (SSSR count). The summed E-state index contributed by atoms with van der Waals surface area (Å²) in [5.74, 6) is -0.140. The van der Waals surface area contributed by atoms with Crippen LogP contribution in [0.1, 0.15) is 10.5 Å². The zero-order valence-corrected chi connectivity index (χ0v) is 16.9. The second-order valence-electron chi connectivity index (χ2n) is 6.49. The lowest BCUT2D eigenvalue weighted by Gasteiger charge is -2.26. The van der Waals surface area contributed by atoms with Crippen LogP contribution in [-0.2, 0) is 4.74 Å². The molecule has 3 aromatic rings.